The lowest BCUT2D eigenvalue weighted by molar-refractivity contribution is -0.126. The lowest BCUT2D eigenvalue weighted by Gasteiger charge is -2.17. The minimum Gasteiger partial charge on any atom is -0.312 e. The van der Waals surface area contributed by atoms with Gasteiger partial charge < -0.3 is 9.13 Å². The molecule has 5 heteroatoms. The lowest BCUT2D eigenvalue weighted by Crippen LogP contribution is -2.41. The molecule has 0 atom stereocenters. The molecular formula is C11H16N2O3. The second-order valence-corrected chi connectivity index (χ2v) is 4.82. The molecule has 0 fully saturated rings. The smallest absolute Gasteiger partial charge is 0.312 e. The number of hydrogen-bond donors (Lipinski definition) is 0. The van der Waals surface area contributed by atoms with Gasteiger partial charge in [-0.25, -0.2) is 0 Å². The number of hydrogen-bond acceptors (Lipinski definition) is 3. The summed E-state index contributed by atoms with van der Waals surface area (Å²) in [5.41, 5.74) is -1.80. The highest BCUT2D eigenvalue weighted by Gasteiger charge is 2.21. The van der Waals surface area contributed by atoms with Crippen molar-refractivity contribution in [3.05, 3.63) is 33.1 Å². The Labute approximate surface area is 93.3 Å². The number of nitrogens with zero attached hydrogens (tertiary/aromatic N) is 2. The van der Waals surface area contributed by atoms with Gasteiger partial charge in [-0.1, -0.05) is 20.8 Å². The molecule has 0 spiro atoms. The molecule has 1 aromatic heterocycles. The Balaban J connectivity index is 3.10. The van der Waals surface area contributed by atoms with Crippen LogP contribution in [-0.2, 0) is 18.4 Å². The van der Waals surface area contributed by atoms with Crippen molar-refractivity contribution >= 4 is 5.78 Å². The molecule has 5 nitrogen and oxygen atoms in total. The van der Waals surface area contributed by atoms with Crippen LogP contribution in [0.5, 0.6) is 0 Å². The average molecular weight is 224 g/mol. The van der Waals surface area contributed by atoms with Gasteiger partial charge in [0.25, 0.3) is 0 Å². The minimum atomic E-state index is -0.664. The van der Waals surface area contributed by atoms with Crippen molar-refractivity contribution in [2.45, 2.75) is 27.3 Å². The van der Waals surface area contributed by atoms with Gasteiger partial charge in [-0.15, -0.1) is 0 Å². The van der Waals surface area contributed by atoms with E-state index in [9.17, 15) is 14.4 Å². The van der Waals surface area contributed by atoms with Gasteiger partial charge in [0.05, 0.1) is 6.54 Å². The van der Waals surface area contributed by atoms with Gasteiger partial charge in [-0.05, 0) is 0 Å². The van der Waals surface area contributed by atoms with E-state index in [1.54, 1.807) is 20.8 Å². The minimum absolute atomic E-state index is 0.0571. The standard InChI is InChI=1S/C11H16N2O3/c1-11(2,3)8(14)7-13-6-5-12(4)9(15)10(13)16/h5-6H,7H2,1-4H3. The predicted octanol–water partition coefficient (Wildman–Crippen LogP) is 0.162. The highest BCUT2D eigenvalue weighted by molar-refractivity contribution is 5.83. The quantitative estimate of drug-likeness (QED) is 0.672. The maximum absolute atomic E-state index is 11.7. The molecular weight excluding hydrogens is 208 g/mol. The van der Waals surface area contributed by atoms with Gasteiger partial charge in [0.1, 0.15) is 0 Å². The molecule has 0 saturated heterocycles. The van der Waals surface area contributed by atoms with Crippen molar-refractivity contribution in [3.63, 3.8) is 0 Å². The van der Waals surface area contributed by atoms with Gasteiger partial charge in [-0.3, -0.25) is 14.4 Å². The first-order valence-corrected chi connectivity index (χ1v) is 5.03. The Morgan fingerprint density at radius 1 is 1.19 bits per heavy atom. The Bertz CT molecular complexity index is 517. The van der Waals surface area contributed by atoms with Crippen molar-refractivity contribution in [1.82, 2.24) is 9.13 Å². The number of Topliss-reactive ketones (excluding diaryl/α,β-unsaturated/α-hetero) is 1. The Morgan fingerprint density at radius 2 is 1.75 bits per heavy atom. The van der Waals surface area contributed by atoms with Crippen LogP contribution in [0.3, 0.4) is 0 Å². The van der Waals surface area contributed by atoms with E-state index in [0.717, 1.165) is 4.57 Å². The van der Waals surface area contributed by atoms with Gasteiger partial charge in [0.2, 0.25) is 0 Å². The maximum atomic E-state index is 11.7. The molecule has 0 saturated carbocycles. The van der Waals surface area contributed by atoms with Crippen LogP contribution < -0.4 is 11.1 Å². The molecule has 16 heavy (non-hydrogen) atoms. The van der Waals surface area contributed by atoms with Gasteiger partial charge in [-0.2, -0.15) is 0 Å². The number of carbonyl (C=O) groups excluding carboxylic acids is 1. The van der Waals surface area contributed by atoms with E-state index in [0.29, 0.717) is 0 Å². The topological polar surface area (TPSA) is 61.1 Å². The monoisotopic (exact) mass is 224 g/mol. The van der Waals surface area contributed by atoms with Crippen LogP contribution in [0.2, 0.25) is 0 Å². The van der Waals surface area contributed by atoms with Crippen LogP contribution >= 0.6 is 0 Å². The maximum Gasteiger partial charge on any atom is 0.316 e. The molecule has 0 aliphatic carbocycles. The lowest BCUT2D eigenvalue weighted by atomic mass is 9.91. The number of rotatable bonds is 2. The van der Waals surface area contributed by atoms with Crippen LogP contribution in [0.25, 0.3) is 0 Å². The highest BCUT2D eigenvalue weighted by atomic mass is 16.2. The Hall–Kier alpha value is -1.65. The summed E-state index contributed by atoms with van der Waals surface area (Å²) in [5.74, 6) is -0.0807. The summed E-state index contributed by atoms with van der Waals surface area (Å²) in [5, 5.41) is 0. The average Bonchev–Trinajstić information content (AvgIpc) is 2.17. The number of carbonyl (C=O) groups is 1. The molecule has 1 aromatic rings. The molecule has 0 aliphatic rings. The fraction of sp³-hybridized carbons (Fsp3) is 0.545. The van der Waals surface area contributed by atoms with Crippen molar-refractivity contribution in [2.75, 3.05) is 0 Å². The van der Waals surface area contributed by atoms with E-state index in [1.807, 2.05) is 0 Å². The first-order valence-electron chi connectivity index (χ1n) is 5.03. The molecule has 0 N–H and O–H groups in total. The summed E-state index contributed by atoms with van der Waals surface area (Å²) in [6.45, 7) is 5.28. The molecule has 1 rings (SSSR count). The molecule has 0 aliphatic heterocycles. The zero-order valence-corrected chi connectivity index (χ0v) is 9.98. The summed E-state index contributed by atoms with van der Waals surface area (Å²) in [6.07, 6.45) is 2.92. The molecule has 0 amide bonds. The molecule has 0 bridgehead atoms. The largest absolute Gasteiger partial charge is 0.316 e. The third-order valence-electron chi connectivity index (χ3n) is 2.38. The molecule has 0 radical (unpaired) electrons. The van der Waals surface area contributed by atoms with Gasteiger partial charge in [0.15, 0.2) is 5.78 Å². The molecule has 88 valence electrons. The van der Waals surface area contributed by atoms with Crippen molar-refractivity contribution < 1.29 is 4.79 Å². The summed E-state index contributed by atoms with van der Waals surface area (Å²) < 4.78 is 2.34. The van der Waals surface area contributed by atoms with Crippen molar-refractivity contribution in [2.24, 2.45) is 12.5 Å². The van der Waals surface area contributed by atoms with Crippen molar-refractivity contribution in [3.8, 4) is 0 Å². The molecule has 0 aromatic carbocycles. The van der Waals surface area contributed by atoms with E-state index < -0.39 is 16.5 Å². The van der Waals surface area contributed by atoms with Crippen LogP contribution in [0.4, 0.5) is 0 Å². The zero-order chi connectivity index (χ0) is 12.5. The highest BCUT2D eigenvalue weighted by Crippen LogP contribution is 2.14. The first kappa shape index (κ1) is 12.4. The summed E-state index contributed by atoms with van der Waals surface area (Å²) >= 11 is 0. The summed E-state index contributed by atoms with van der Waals surface area (Å²) in [7, 11) is 1.50. The fourth-order valence-corrected chi connectivity index (χ4v) is 1.11. The van der Waals surface area contributed by atoms with E-state index in [4.69, 9.17) is 0 Å². The van der Waals surface area contributed by atoms with Gasteiger partial charge in [0, 0.05) is 24.9 Å². The van der Waals surface area contributed by atoms with E-state index in [1.165, 1.54) is 24.0 Å². The van der Waals surface area contributed by atoms with Crippen molar-refractivity contribution in [1.29, 1.82) is 0 Å². The zero-order valence-electron chi connectivity index (χ0n) is 9.98. The number of aryl methyl sites for hydroxylation is 1. The van der Waals surface area contributed by atoms with Crippen LogP contribution in [0.1, 0.15) is 20.8 Å². The summed E-state index contributed by atoms with van der Waals surface area (Å²) in [6, 6.07) is 0. The fourth-order valence-electron chi connectivity index (χ4n) is 1.11. The SMILES string of the molecule is Cn1ccn(CC(=O)C(C)(C)C)c(=O)c1=O. The van der Waals surface area contributed by atoms with Crippen LogP contribution in [-0.4, -0.2) is 14.9 Å². The molecule has 1 heterocycles. The summed E-state index contributed by atoms with van der Waals surface area (Å²) in [4.78, 5) is 34.6. The van der Waals surface area contributed by atoms with Crippen LogP contribution in [0, 0.1) is 5.41 Å². The third kappa shape index (κ3) is 2.48. The number of ketones is 1. The predicted molar refractivity (Wildman–Crippen MR) is 60.4 cm³/mol. The van der Waals surface area contributed by atoms with Crippen LogP contribution in [0.15, 0.2) is 22.0 Å². The first-order chi connectivity index (χ1) is 7.23. The molecule has 0 unspecified atom stereocenters. The van der Waals surface area contributed by atoms with E-state index in [2.05, 4.69) is 0 Å². The normalized spacial score (nSPS) is 11.5. The third-order valence-corrected chi connectivity index (χ3v) is 2.38. The number of aromatic nitrogens is 2. The van der Waals surface area contributed by atoms with E-state index in [-0.39, 0.29) is 12.3 Å². The second kappa shape index (κ2) is 4.08. The van der Waals surface area contributed by atoms with E-state index >= 15 is 0 Å². The Morgan fingerprint density at radius 3 is 2.25 bits per heavy atom. The second-order valence-electron chi connectivity index (χ2n) is 4.82. The Kier molecular flexibility index (Phi) is 3.16. The van der Waals surface area contributed by atoms with Gasteiger partial charge >= 0.3 is 11.1 Å².